The maximum Gasteiger partial charge on any atom is 0.250 e. The second-order valence-electron chi connectivity index (χ2n) is 9.55. The van der Waals surface area contributed by atoms with Gasteiger partial charge in [0.05, 0.1) is 14.2 Å². The zero-order valence-corrected chi connectivity index (χ0v) is 19.5. The molecule has 2 aliphatic heterocycles. The summed E-state index contributed by atoms with van der Waals surface area (Å²) in [5.41, 5.74) is -0.158. The van der Waals surface area contributed by atoms with Crippen LogP contribution >= 0.6 is 0 Å². The molecule has 176 valence electrons. The third kappa shape index (κ3) is 4.58. The van der Waals surface area contributed by atoms with Crippen molar-refractivity contribution in [2.45, 2.75) is 69.4 Å². The number of carbonyl (C=O) groups excluding carboxylic acids is 2. The highest BCUT2D eigenvalue weighted by Crippen LogP contribution is 2.39. The number of hydrogen-bond acceptors (Lipinski definition) is 5. The molecular weight excluding hydrogens is 406 g/mol. The van der Waals surface area contributed by atoms with Gasteiger partial charge in [0.15, 0.2) is 0 Å². The van der Waals surface area contributed by atoms with Crippen LogP contribution in [0.4, 0.5) is 5.69 Å². The molecule has 2 heterocycles. The van der Waals surface area contributed by atoms with Crippen molar-refractivity contribution >= 4 is 18.0 Å². The van der Waals surface area contributed by atoms with E-state index in [1.54, 1.807) is 32.4 Å². The monoisotopic (exact) mass is 443 g/mol. The normalized spacial score (nSPS) is 24.9. The van der Waals surface area contributed by atoms with Crippen LogP contribution in [0.5, 0.6) is 11.5 Å². The predicted molar refractivity (Wildman–Crippen MR) is 124 cm³/mol. The van der Waals surface area contributed by atoms with Crippen LogP contribution in [0.1, 0.15) is 57.8 Å². The third-order valence-electron chi connectivity index (χ3n) is 7.80. The van der Waals surface area contributed by atoms with Crippen LogP contribution in [-0.2, 0) is 9.59 Å². The second-order valence-corrected chi connectivity index (χ2v) is 9.55. The first-order valence-corrected chi connectivity index (χ1v) is 12.1. The van der Waals surface area contributed by atoms with Crippen LogP contribution in [0.15, 0.2) is 18.2 Å². The summed E-state index contributed by atoms with van der Waals surface area (Å²) in [7, 11) is 3.18. The van der Waals surface area contributed by atoms with Crippen LogP contribution in [0.2, 0.25) is 0 Å². The summed E-state index contributed by atoms with van der Waals surface area (Å²) >= 11 is 0. The van der Waals surface area contributed by atoms with Crippen LogP contribution < -0.4 is 14.8 Å². The number of methoxy groups -OCH3 is 2. The summed E-state index contributed by atoms with van der Waals surface area (Å²) in [5, 5.41) is 3.07. The van der Waals surface area contributed by atoms with Crippen molar-refractivity contribution in [3.63, 3.8) is 0 Å². The Morgan fingerprint density at radius 2 is 1.75 bits per heavy atom. The zero-order chi connectivity index (χ0) is 22.6. The number of hydrogen-bond donors (Lipinski definition) is 1. The summed E-state index contributed by atoms with van der Waals surface area (Å²) < 4.78 is 10.7. The maximum absolute atomic E-state index is 13.7. The van der Waals surface area contributed by atoms with E-state index in [1.807, 2.05) is 4.90 Å². The first-order chi connectivity index (χ1) is 15.6. The van der Waals surface area contributed by atoms with Gasteiger partial charge in [-0.3, -0.25) is 9.59 Å². The molecule has 7 nitrogen and oxygen atoms in total. The van der Waals surface area contributed by atoms with Crippen molar-refractivity contribution in [1.29, 1.82) is 0 Å². The van der Waals surface area contributed by atoms with E-state index >= 15 is 0 Å². The standard InChI is InChI=1S/C25H37N3O4/c1-31-21-14-20(15-22(16-21)32-2)26-24(30)25(10-4-5-11-25)28(18-29)17-19-8-7-13-27-12-6-3-9-23(19)27/h14-16,18-19,23H,3-13,17H2,1-2H3,(H,26,30)/t19-,23+/m1/s1. The van der Waals surface area contributed by atoms with Gasteiger partial charge in [-0.05, 0) is 57.5 Å². The molecule has 0 bridgehead atoms. The van der Waals surface area contributed by atoms with Crippen molar-refractivity contribution in [2.75, 3.05) is 39.2 Å². The molecule has 0 unspecified atom stereocenters. The lowest BCUT2D eigenvalue weighted by molar-refractivity contribution is -0.138. The maximum atomic E-state index is 13.7. The molecule has 7 heteroatoms. The second kappa shape index (κ2) is 10.1. The Morgan fingerprint density at radius 3 is 2.41 bits per heavy atom. The van der Waals surface area contributed by atoms with Crippen molar-refractivity contribution in [3.8, 4) is 11.5 Å². The molecule has 1 aliphatic carbocycles. The Balaban J connectivity index is 1.54. The van der Waals surface area contributed by atoms with Gasteiger partial charge in [-0.25, -0.2) is 0 Å². The highest BCUT2D eigenvalue weighted by Gasteiger charge is 2.47. The Bertz CT molecular complexity index is 784. The largest absolute Gasteiger partial charge is 0.497 e. The van der Waals surface area contributed by atoms with Crippen LogP contribution in [-0.4, -0.2) is 67.6 Å². The molecule has 1 saturated carbocycles. The number of amides is 2. The topological polar surface area (TPSA) is 71.1 Å². The average Bonchev–Trinajstić information content (AvgIpc) is 3.33. The lowest BCUT2D eigenvalue weighted by atomic mass is 9.82. The van der Waals surface area contributed by atoms with Crippen molar-refractivity contribution in [3.05, 3.63) is 18.2 Å². The smallest absolute Gasteiger partial charge is 0.250 e. The van der Waals surface area contributed by atoms with E-state index in [0.29, 0.717) is 48.5 Å². The molecule has 1 N–H and O–H groups in total. The van der Waals surface area contributed by atoms with Crippen molar-refractivity contribution < 1.29 is 19.1 Å². The number of piperidine rings is 2. The molecular formula is C25H37N3O4. The van der Waals surface area contributed by atoms with Crippen LogP contribution in [0.3, 0.4) is 0 Å². The molecule has 3 aliphatic rings. The summed E-state index contributed by atoms with van der Waals surface area (Å²) in [5.74, 6) is 1.57. The van der Waals surface area contributed by atoms with Gasteiger partial charge in [-0.15, -0.1) is 0 Å². The van der Waals surface area contributed by atoms with E-state index in [1.165, 1.54) is 38.8 Å². The van der Waals surface area contributed by atoms with Gasteiger partial charge in [-0.1, -0.05) is 19.3 Å². The zero-order valence-electron chi connectivity index (χ0n) is 19.5. The van der Waals surface area contributed by atoms with Crippen LogP contribution in [0.25, 0.3) is 0 Å². The molecule has 3 fully saturated rings. The number of carbonyl (C=O) groups is 2. The molecule has 1 aromatic carbocycles. The van der Waals surface area contributed by atoms with Gasteiger partial charge in [0.1, 0.15) is 17.0 Å². The molecule has 32 heavy (non-hydrogen) atoms. The highest BCUT2D eigenvalue weighted by atomic mass is 16.5. The van der Waals surface area contributed by atoms with Gasteiger partial charge in [-0.2, -0.15) is 0 Å². The van der Waals surface area contributed by atoms with Crippen molar-refractivity contribution in [2.24, 2.45) is 5.92 Å². The lowest BCUT2D eigenvalue weighted by Gasteiger charge is -2.47. The summed E-state index contributed by atoms with van der Waals surface area (Å²) in [4.78, 5) is 30.5. The molecule has 0 spiro atoms. The lowest BCUT2D eigenvalue weighted by Crippen LogP contribution is -2.58. The fourth-order valence-electron chi connectivity index (χ4n) is 6.09. The fourth-order valence-corrected chi connectivity index (χ4v) is 6.09. The number of fused-ring (bicyclic) bond motifs is 1. The fraction of sp³-hybridized carbons (Fsp3) is 0.680. The average molecular weight is 444 g/mol. The Labute approximate surface area is 191 Å². The first kappa shape index (κ1) is 22.9. The summed E-state index contributed by atoms with van der Waals surface area (Å²) in [6, 6.07) is 5.90. The minimum Gasteiger partial charge on any atom is -0.497 e. The number of benzene rings is 1. The number of ether oxygens (including phenoxy) is 2. The number of nitrogens with one attached hydrogen (secondary N) is 1. The highest BCUT2D eigenvalue weighted by molar-refractivity contribution is 5.99. The van der Waals surface area contributed by atoms with Gasteiger partial charge < -0.3 is 24.6 Å². The minimum atomic E-state index is -0.783. The molecule has 4 rings (SSSR count). The van der Waals surface area contributed by atoms with E-state index in [0.717, 1.165) is 25.7 Å². The SMILES string of the molecule is COc1cc(NC(=O)C2(N(C=O)C[C@H]3CCCN4CCCC[C@@H]34)CCCC2)cc(OC)c1. The quantitative estimate of drug-likeness (QED) is 0.621. The van der Waals surface area contributed by atoms with E-state index in [4.69, 9.17) is 9.47 Å². The molecule has 0 aromatic heterocycles. The minimum absolute atomic E-state index is 0.103. The molecule has 0 radical (unpaired) electrons. The van der Waals surface area contributed by atoms with Gasteiger partial charge in [0.2, 0.25) is 12.3 Å². The molecule has 2 saturated heterocycles. The van der Waals surface area contributed by atoms with Gasteiger partial charge in [0.25, 0.3) is 0 Å². The number of rotatable bonds is 8. The summed E-state index contributed by atoms with van der Waals surface area (Å²) in [6.45, 7) is 3.01. The summed E-state index contributed by atoms with van der Waals surface area (Å²) in [6.07, 6.45) is 10.3. The number of anilines is 1. The number of nitrogens with zero attached hydrogens (tertiary/aromatic N) is 2. The Morgan fingerprint density at radius 1 is 1.06 bits per heavy atom. The van der Waals surface area contributed by atoms with E-state index in [2.05, 4.69) is 10.2 Å². The molecule has 2 amide bonds. The van der Waals surface area contributed by atoms with E-state index in [-0.39, 0.29) is 5.91 Å². The molecule has 2 atom stereocenters. The van der Waals surface area contributed by atoms with Crippen LogP contribution in [0, 0.1) is 5.92 Å². The Hall–Kier alpha value is -2.28. The Kier molecular flexibility index (Phi) is 7.23. The van der Waals surface area contributed by atoms with E-state index in [9.17, 15) is 9.59 Å². The van der Waals surface area contributed by atoms with Gasteiger partial charge in [0, 0.05) is 36.5 Å². The predicted octanol–water partition coefficient (Wildman–Crippen LogP) is 3.68. The van der Waals surface area contributed by atoms with Crippen molar-refractivity contribution in [1.82, 2.24) is 9.80 Å². The third-order valence-corrected chi connectivity index (χ3v) is 7.80. The molecule has 1 aromatic rings. The van der Waals surface area contributed by atoms with E-state index < -0.39 is 5.54 Å². The van der Waals surface area contributed by atoms with Gasteiger partial charge >= 0.3 is 0 Å². The first-order valence-electron chi connectivity index (χ1n) is 12.1.